The van der Waals surface area contributed by atoms with Gasteiger partial charge in [0.2, 0.25) is 0 Å². The second-order valence-corrected chi connectivity index (χ2v) is 4.65. The number of allylic oxidation sites excluding steroid dienone is 1. The molecule has 1 aromatic carbocycles. The highest BCUT2D eigenvalue weighted by Crippen LogP contribution is 2.26. The van der Waals surface area contributed by atoms with E-state index < -0.39 is 0 Å². The van der Waals surface area contributed by atoms with E-state index in [1.54, 1.807) is 18.2 Å². The molecule has 17 heavy (non-hydrogen) atoms. The molecule has 1 aliphatic rings. The van der Waals surface area contributed by atoms with Crippen molar-refractivity contribution in [2.45, 2.75) is 32.3 Å². The van der Waals surface area contributed by atoms with E-state index in [4.69, 9.17) is 16.3 Å². The summed E-state index contributed by atoms with van der Waals surface area (Å²) in [7, 11) is 0. The fourth-order valence-electron chi connectivity index (χ4n) is 1.92. The van der Waals surface area contributed by atoms with E-state index in [2.05, 4.69) is 12.2 Å². The van der Waals surface area contributed by atoms with Crippen molar-refractivity contribution in [2.75, 3.05) is 0 Å². The number of ketones is 1. The molecule has 2 rings (SSSR count). The van der Waals surface area contributed by atoms with Gasteiger partial charge in [-0.2, -0.15) is 0 Å². The Morgan fingerprint density at radius 2 is 2.29 bits per heavy atom. The van der Waals surface area contributed by atoms with E-state index >= 15 is 0 Å². The molecule has 0 bridgehead atoms. The zero-order chi connectivity index (χ0) is 12.3. The lowest BCUT2D eigenvalue weighted by molar-refractivity contribution is 0.101. The molecule has 0 radical (unpaired) electrons. The molecule has 0 saturated carbocycles. The zero-order valence-electron chi connectivity index (χ0n) is 9.78. The summed E-state index contributed by atoms with van der Waals surface area (Å²) < 4.78 is 5.84. The van der Waals surface area contributed by atoms with Crippen LogP contribution in [0.5, 0.6) is 5.75 Å². The average molecular weight is 251 g/mol. The molecule has 0 spiro atoms. The zero-order valence-corrected chi connectivity index (χ0v) is 10.5. The van der Waals surface area contributed by atoms with Crippen LogP contribution in [0.2, 0.25) is 5.02 Å². The summed E-state index contributed by atoms with van der Waals surface area (Å²) in [5, 5.41) is 0.557. The molecular formula is C14H15ClO2. The second-order valence-electron chi connectivity index (χ2n) is 4.21. The van der Waals surface area contributed by atoms with E-state index in [9.17, 15) is 4.79 Å². The van der Waals surface area contributed by atoms with Gasteiger partial charge >= 0.3 is 0 Å². The largest absolute Gasteiger partial charge is 0.486 e. The molecule has 90 valence electrons. The van der Waals surface area contributed by atoms with Crippen molar-refractivity contribution in [1.82, 2.24) is 0 Å². The van der Waals surface area contributed by atoms with Crippen molar-refractivity contribution in [2.24, 2.45) is 0 Å². The summed E-state index contributed by atoms with van der Waals surface area (Å²) in [5.74, 6) is 0.598. The Morgan fingerprint density at radius 1 is 1.47 bits per heavy atom. The van der Waals surface area contributed by atoms with Crippen molar-refractivity contribution in [3.05, 3.63) is 40.9 Å². The number of ether oxygens (including phenoxy) is 1. The Balaban J connectivity index is 2.22. The number of carbonyl (C=O) groups excluding carboxylic acids is 1. The summed E-state index contributed by atoms with van der Waals surface area (Å²) in [6.07, 6.45) is 7.49. The molecule has 0 amide bonds. The molecule has 1 aromatic rings. The monoisotopic (exact) mass is 250 g/mol. The Morgan fingerprint density at radius 3 is 2.94 bits per heavy atom. The minimum absolute atomic E-state index is 0.0257. The summed E-state index contributed by atoms with van der Waals surface area (Å²) in [4.78, 5) is 11.5. The van der Waals surface area contributed by atoms with Gasteiger partial charge in [0.25, 0.3) is 0 Å². The summed E-state index contributed by atoms with van der Waals surface area (Å²) in [6.45, 7) is 1.52. The summed E-state index contributed by atoms with van der Waals surface area (Å²) >= 11 is 5.88. The maximum absolute atomic E-state index is 11.5. The van der Waals surface area contributed by atoms with Gasteiger partial charge in [-0.3, -0.25) is 4.79 Å². The van der Waals surface area contributed by atoms with Crippen LogP contribution in [0.3, 0.4) is 0 Å². The first-order valence-electron chi connectivity index (χ1n) is 5.80. The number of hydrogen-bond donors (Lipinski definition) is 0. The van der Waals surface area contributed by atoms with Gasteiger partial charge in [-0.15, -0.1) is 0 Å². The molecule has 0 aromatic heterocycles. The summed E-state index contributed by atoms with van der Waals surface area (Å²) in [6, 6.07) is 5.17. The van der Waals surface area contributed by atoms with E-state index in [0.29, 0.717) is 16.3 Å². The van der Waals surface area contributed by atoms with Gasteiger partial charge in [0, 0.05) is 5.02 Å². The number of carbonyl (C=O) groups is 1. The minimum atomic E-state index is -0.0257. The second kappa shape index (κ2) is 5.37. The van der Waals surface area contributed by atoms with Crippen molar-refractivity contribution >= 4 is 17.4 Å². The molecule has 0 fully saturated rings. The lowest BCUT2D eigenvalue weighted by Crippen LogP contribution is -2.17. The number of hydrogen-bond acceptors (Lipinski definition) is 2. The minimum Gasteiger partial charge on any atom is -0.486 e. The van der Waals surface area contributed by atoms with Crippen LogP contribution in [0.25, 0.3) is 0 Å². The highest BCUT2D eigenvalue weighted by atomic mass is 35.5. The van der Waals surface area contributed by atoms with Crippen molar-refractivity contribution in [3.8, 4) is 5.75 Å². The van der Waals surface area contributed by atoms with Crippen LogP contribution in [0.15, 0.2) is 30.4 Å². The van der Waals surface area contributed by atoms with E-state index in [-0.39, 0.29) is 11.9 Å². The van der Waals surface area contributed by atoms with Crippen LogP contribution >= 0.6 is 11.6 Å². The smallest absolute Gasteiger partial charge is 0.163 e. The molecule has 1 atom stereocenters. The van der Waals surface area contributed by atoms with Crippen molar-refractivity contribution in [1.29, 1.82) is 0 Å². The topological polar surface area (TPSA) is 26.3 Å². The van der Waals surface area contributed by atoms with Gasteiger partial charge in [-0.25, -0.2) is 0 Å². The molecule has 2 nitrogen and oxygen atoms in total. The highest BCUT2D eigenvalue weighted by molar-refractivity contribution is 6.31. The Bertz CT molecular complexity index is 452. The molecule has 1 unspecified atom stereocenters. The lowest BCUT2D eigenvalue weighted by atomic mass is 10.0. The Labute approximate surface area is 106 Å². The van der Waals surface area contributed by atoms with Crippen LogP contribution in [-0.4, -0.2) is 11.9 Å². The fraction of sp³-hybridized carbons (Fsp3) is 0.357. The standard InChI is InChI=1S/C14H15ClO2/c1-10(16)13-9-11(15)7-8-14(13)17-12-5-3-2-4-6-12/h3,5,7-9,12H,2,4,6H2,1H3. The van der Waals surface area contributed by atoms with E-state index in [1.807, 2.05) is 0 Å². The van der Waals surface area contributed by atoms with Crippen molar-refractivity contribution in [3.63, 3.8) is 0 Å². The van der Waals surface area contributed by atoms with Gasteiger partial charge in [-0.05, 0) is 50.5 Å². The third-order valence-corrected chi connectivity index (χ3v) is 3.04. The maximum Gasteiger partial charge on any atom is 0.163 e. The van der Waals surface area contributed by atoms with Crippen LogP contribution in [-0.2, 0) is 0 Å². The predicted octanol–water partition coefficient (Wildman–Crippen LogP) is 4.03. The van der Waals surface area contributed by atoms with Crippen molar-refractivity contribution < 1.29 is 9.53 Å². The molecule has 0 aliphatic heterocycles. The van der Waals surface area contributed by atoms with Gasteiger partial charge in [-0.1, -0.05) is 17.7 Å². The molecule has 0 N–H and O–H groups in total. The van der Waals surface area contributed by atoms with Crippen LogP contribution in [0.1, 0.15) is 36.5 Å². The number of rotatable bonds is 3. The molecule has 0 heterocycles. The van der Waals surface area contributed by atoms with E-state index in [1.165, 1.54) is 6.92 Å². The quantitative estimate of drug-likeness (QED) is 0.598. The molecule has 1 aliphatic carbocycles. The Hall–Kier alpha value is -1.28. The van der Waals surface area contributed by atoms with Crippen LogP contribution in [0, 0.1) is 0 Å². The molecular weight excluding hydrogens is 236 g/mol. The number of halogens is 1. The van der Waals surface area contributed by atoms with Crippen LogP contribution in [0.4, 0.5) is 0 Å². The summed E-state index contributed by atoms with van der Waals surface area (Å²) in [5.41, 5.74) is 0.552. The first-order chi connectivity index (χ1) is 8.16. The van der Waals surface area contributed by atoms with E-state index in [0.717, 1.165) is 19.3 Å². The van der Waals surface area contributed by atoms with Gasteiger partial charge in [0.1, 0.15) is 11.9 Å². The SMILES string of the molecule is CC(=O)c1cc(Cl)ccc1OC1C=CCCC1. The molecule has 0 saturated heterocycles. The van der Waals surface area contributed by atoms with Gasteiger partial charge < -0.3 is 4.74 Å². The normalized spacial score (nSPS) is 19.1. The van der Waals surface area contributed by atoms with Crippen LogP contribution < -0.4 is 4.74 Å². The third-order valence-electron chi connectivity index (χ3n) is 2.81. The fourth-order valence-corrected chi connectivity index (χ4v) is 2.09. The first kappa shape index (κ1) is 12.2. The third kappa shape index (κ3) is 3.10. The number of Topliss-reactive ketones (excluding diaryl/α,β-unsaturated/α-hetero) is 1. The predicted molar refractivity (Wildman–Crippen MR) is 68.9 cm³/mol. The Kier molecular flexibility index (Phi) is 3.85. The lowest BCUT2D eigenvalue weighted by Gasteiger charge is -2.20. The van der Waals surface area contributed by atoms with Gasteiger partial charge in [0.05, 0.1) is 5.56 Å². The first-order valence-corrected chi connectivity index (χ1v) is 6.18. The van der Waals surface area contributed by atoms with Gasteiger partial charge in [0.15, 0.2) is 5.78 Å². The average Bonchev–Trinajstić information content (AvgIpc) is 2.32. The maximum atomic E-state index is 11.5. The highest BCUT2D eigenvalue weighted by Gasteiger charge is 2.14. The molecule has 3 heteroatoms. The number of benzene rings is 1.